The lowest BCUT2D eigenvalue weighted by Crippen LogP contribution is -2.25. The second kappa shape index (κ2) is 2.45. The Hall–Kier alpha value is -0.410. The number of aliphatic hydroxyl groups excluding tert-OH is 1. The van der Waals surface area contributed by atoms with E-state index in [4.69, 9.17) is 9.84 Å². The van der Waals surface area contributed by atoms with Gasteiger partial charge in [0.2, 0.25) is 0 Å². The first-order chi connectivity index (χ1) is 4.25. The van der Waals surface area contributed by atoms with E-state index in [1.54, 1.807) is 0 Å². The molecule has 9 heavy (non-hydrogen) atoms. The van der Waals surface area contributed by atoms with Crippen molar-refractivity contribution in [2.45, 2.75) is 19.1 Å². The van der Waals surface area contributed by atoms with E-state index < -0.39 is 12.2 Å². The highest BCUT2D eigenvalue weighted by Crippen LogP contribution is 2.17. The molecule has 1 unspecified atom stereocenters. The van der Waals surface area contributed by atoms with Gasteiger partial charge >= 0.3 is 0 Å². The fraction of sp³-hybridized carbons (Fsp3) is 0.833. The number of rotatable bonds is 1. The predicted molar refractivity (Wildman–Crippen MR) is 31.0 cm³/mol. The largest absolute Gasteiger partial charge is 0.390 e. The quantitative estimate of drug-likeness (QED) is 0.490. The minimum atomic E-state index is -0.595. The third kappa shape index (κ3) is 1.11. The number of carbonyl (C=O) groups excluding carboxylic acids is 1. The van der Waals surface area contributed by atoms with Crippen molar-refractivity contribution in [3.8, 4) is 0 Å². The van der Waals surface area contributed by atoms with Crippen LogP contribution in [0.4, 0.5) is 0 Å². The molecule has 3 nitrogen and oxygen atoms in total. The minimum Gasteiger partial charge on any atom is -0.390 e. The first-order valence-corrected chi connectivity index (χ1v) is 3.00. The molecule has 1 rings (SSSR count). The number of aldehydes is 1. The second-order valence-corrected chi connectivity index (χ2v) is 2.40. The lowest BCUT2D eigenvalue weighted by atomic mass is 10.1. The number of ether oxygens (including phenoxy) is 1. The van der Waals surface area contributed by atoms with E-state index in [1.807, 2.05) is 6.92 Å². The highest BCUT2D eigenvalue weighted by atomic mass is 16.5. The van der Waals surface area contributed by atoms with Gasteiger partial charge in [0, 0.05) is 5.92 Å². The summed E-state index contributed by atoms with van der Waals surface area (Å²) in [5, 5.41) is 9.10. The number of hydrogen-bond donors (Lipinski definition) is 1. The van der Waals surface area contributed by atoms with E-state index in [-0.39, 0.29) is 5.92 Å². The average molecular weight is 130 g/mol. The summed E-state index contributed by atoms with van der Waals surface area (Å²) in [5.41, 5.74) is 0. The fourth-order valence-electron chi connectivity index (χ4n) is 0.904. The lowest BCUT2D eigenvalue weighted by molar-refractivity contribution is -0.118. The molecule has 0 aromatic heterocycles. The summed E-state index contributed by atoms with van der Waals surface area (Å²) in [4.78, 5) is 10.1. The van der Waals surface area contributed by atoms with Crippen LogP contribution in [-0.4, -0.2) is 30.2 Å². The Bertz CT molecular complexity index is 113. The Balaban J connectivity index is 2.50. The van der Waals surface area contributed by atoms with Crippen LogP contribution in [0.5, 0.6) is 0 Å². The maximum atomic E-state index is 10.1. The van der Waals surface area contributed by atoms with Crippen LogP contribution >= 0.6 is 0 Å². The van der Waals surface area contributed by atoms with Gasteiger partial charge in [-0.1, -0.05) is 6.92 Å². The molecule has 52 valence electrons. The summed E-state index contributed by atoms with van der Waals surface area (Å²) < 4.78 is 4.91. The van der Waals surface area contributed by atoms with Gasteiger partial charge in [0.25, 0.3) is 0 Å². The highest BCUT2D eigenvalue weighted by molar-refractivity contribution is 5.57. The van der Waals surface area contributed by atoms with Crippen LogP contribution in [0.2, 0.25) is 0 Å². The van der Waals surface area contributed by atoms with Crippen molar-refractivity contribution in [1.82, 2.24) is 0 Å². The Kier molecular flexibility index (Phi) is 1.83. The molecule has 1 fully saturated rings. The van der Waals surface area contributed by atoms with E-state index >= 15 is 0 Å². The van der Waals surface area contributed by atoms with Gasteiger partial charge in [-0.2, -0.15) is 0 Å². The Morgan fingerprint density at radius 2 is 2.44 bits per heavy atom. The molecule has 3 atom stereocenters. The van der Waals surface area contributed by atoms with Gasteiger partial charge in [-0.05, 0) is 0 Å². The third-order valence-corrected chi connectivity index (χ3v) is 1.61. The maximum absolute atomic E-state index is 10.1. The van der Waals surface area contributed by atoms with Crippen LogP contribution in [0, 0.1) is 5.92 Å². The van der Waals surface area contributed by atoms with E-state index in [0.29, 0.717) is 12.9 Å². The Labute approximate surface area is 53.6 Å². The summed E-state index contributed by atoms with van der Waals surface area (Å²) >= 11 is 0. The van der Waals surface area contributed by atoms with E-state index in [9.17, 15) is 4.79 Å². The third-order valence-electron chi connectivity index (χ3n) is 1.61. The van der Waals surface area contributed by atoms with Gasteiger partial charge in [-0.15, -0.1) is 0 Å². The summed E-state index contributed by atoms with van der Waals surface area (Å²) in [6.07, 6.45) is -0.531. The zero-order valence-corrected chi connectivity index (χ0v) is 5.28. The minimum absolute atomic E-state index is 0.0974. The molecule has 0 amide bonds. The fourth-order valence-corrected chi connectivity index (χ4v) is 0.904. The molecule has 3 heteroatoms. The van der Waals surface area contributed by atoms with Gasteiger partial charge in [0.1, 0.15) is 6.10 Å². The number of carbonyl (C=O) groups is 1. The molecular weight excluding hydrogens is 120 g/mol. The van der Waals surface area contributed by atoms with Crippen molar-refractivity contribution in [2.24, 2.45) is 5.92 Å². The molecule has 1 N–H and O–H groups in total. The van der Waals surface area contributed by atoms with E-state index in [1.165, 1.54) is 0 Å². The molecule has 0 bridgehead atoms. The molecule has 0 aliphatic carbocycles. The van der Waals surface area contributed by atoms with Gasteiger partial charge in [-0.3, -0.25) is 0 Å². The first kappa shape index (κ1) is 6.71. The van der Waals surface area contributed by atoms with Crippen LogP contribution in [0.15, 0.2) is 0 Å². The maximum Gasteiger partial charge on any atom is 0.151 e. The van der Waals surface area contributed by atoms with E-state index in [0.717, 1.165) is 0 Å². The van der Waals surface area contributed by atoms with Crippen LogP contribution in [0.25, 0.3) is 0 Å². The zero-order valence-electron chi connectivity index (χ0n) is 5.28. The van der Waals surface area contributed by atoms with Crippen LogP contribution in [0.1, 0.15) is 6.92 Å². The number of aliphatic hydroxyl groups is 1. The molecule has 0 radical (unpaired) electrons. The highest BCUT2D eigenvalue weighted by Gasteiger charge is 2.31. The predicted octanol–water partition coefficient (Wildman–Crippen LogP) is -0.419. The summed E-state index contributed by atoms with van der Waals surface area (Å²) in [7, 11) is 0. The molecule has 0 aromatic rings. The van der Waals surface area contributed by atoms with Gasteiger partial charge < -0.3 is 14.6 Å². The molecule has 0 spiro atoms. The summed E-state index contributed by atoms with van der Waals surface area (Å²) in [6, 6.07) is 0. The summed E-state index contributed by atoms with van der Waals surface area (Å²) in [5.74, 6) is 0.0974. The monoisotopic (exact) mass is 130 g/mol. The normalized spacial score (nSPS) is 43.1. The van der Waals surface area contributed by atoms with Crippen LogP contribution in [0.3, 0.4) is 0 Å². The molecular formula is C6H10O3. The molecule has 1 saturated heterocycles. The molecule has 1 aliphatic heterocycles. The average Bonchev–Trinajstić information content (AvgIpc) is 2.15. The first-order valence-electron chi connectivity index (χ1n) is 3.00. The Morgan fingerprint density at radius 1 is 1.78 bits per heavy atom. The molecule has 0 aromatic carbocycles. The smallest absolute Gasteiger partial charge is 0.151 e. The van der Waals surface area contributed by atoms with Gasteiger partial charge in [0.05, 0.1) is 12.7 Å². The van der Waals surface area contributed by atoms with Crippen molar-refractivity contribution in [3.05, 3.63) is 0 Å². The number of hydrogen-bond acceptors (Lipinski definition) is 3. The van der Waals surface area contributed by atoms with Gasteiger partial charge in [0.15, 0.2) is 6.29 Å². The topological polar surface area (TPSA) is 46.5 Å². The van der Waals surface area contributed by atoms with Crippen LogP contribution in [-0.2, 0) is 9.53 Å². The zero-order chi connectivity index (χ0) is 6.85. The standard InChI is InChI=1S/C6H10O3/c1-4-3-9-5(2-7)6(4)8/h2,4-6,8H,3H2,1H3/t4-,5+,6?/m0/s1. The van der Waals surface area contributed by atoms with Crippen LogP contribution < -0.4 is 0 Å². The summed E-state index contributed by atoms with van der Waals surface area (Å²) in [6.45, 7) is 2.35. The SMILES string of the molecule is C[C@H]1CO[C@H](C=O)C1O. The molecule has 0 saturated carbocycles. The van der Waals surface area contributed by atoms with Gasteiger partial charge in [-0.25, -0.2) is 0 Å². The van der Waals surface area contributed by atoms with Crippen molar-refractivity contribution >= 4 is 6.29 Å². The van der Waals surface area contributed by atoms with Crippen molar-refractivity contribution in [2.75, 3.05) is 6.61 Å². The lowest BCUT2D eigenvalue weighted by Gasteiger charge is -2.06. The van der Waals surface area contributed by atoms with Crippen molar-refractivity contribution < 1.29 is 14.6 Å². The van der Waals surface area contributed by atoms with Crippen molar-refractivity contribution in [3.63, 3.8) is 0 Å². The molecule has 1 heterocycles. The van der Waals surface area contributed by atoms with E-state index in [2.05, 4.69) is 0 Å². The van der Waals surface area contributed by atoms with Crippen molar-refractivity contribution in [1.29, 1.82) is 0 Å². The molecule has 1 aliphatic rings. The second-order valence-electron chi connectivity index (χ2n) is 2.40. The Morgan fingerprint density at radius 3 is 2.67 bits per heavy atom.